The summed E-state index contributed by atoms with van der Waals surface area (Å²) >= 11 is 1.67. The van der Waals surface area contributed by atoms with Crippen LogP contribution in [0.2, 0.25) is 0 Å². The molecule has 1 heterocycles. The summed E-state index contributed by atoms with van der Waals surface area (Å²) in [7, 11) is 5.26. The van der Waals surface area contributed by atoms with E-state index in [0.29, 0.717) is 0 Å². The molecule has 1 aromatic carbocycles. The van der Waals surface area contributed by atoms with Crippen LogP contribution in [0.5, 0.6) is 11.5 Å². The van der Waals surface area contributed by atoms with Crippen LogP contribution in [0, 0.1) is 6.92 Å². The van der Waals surface area contributed by atoms with Crippen molar-refractivity contribution >= 4 is 11.3 Å². The summed E-state index contributed by atoms with van der Waals surface area (Å²) < 4.78 is 10.9. The van der Waals surface area contributed by atoms with E-state index in [1.54, 1.807) is 25.6 Å². The molecule has 0 saturated heterocycles. The van der Waals surface area contributed by atoms with Gasteiger partial charge in [-0.05, 0) is 26.1 Å². The maximum atomic E-state index is 5.46. The van der Waals surface area contributed by atoms with Gasteiger partial charge in [-0.25, -0.2) is 4.98 Å². The Labute approximate surface area is 117 Å². The van der Waals surface area contributed by atoms with E-state index in [0.717, 1.165) is 26.9 Å². The molecule has 102 valence electrons. The van der Waals surface area contributed by atoms with Crippen LogP contribution < -0.4 is 14.8 Å². The Balaban J connectivity index is 2.53. The number of aromatic nitrogens is 1. The quantitative estimate of drug-likeness (QED) is 0.913. The van der Waals surface area contributed by atoms with Crippen molar-refractivity contribution in [2.45, 2.75) is 13.0 Å². The standard InChI is InChI=1S/C14H18N2O2S/c1-9-16-8-12(19-9)14(15-2)13-10(17-3)6-5-7-11(13)18-4/h5-8,14-15H,1-4H3. The molecular formula is C14H18N2O2S. The van der Waals surface area contributed by atoms with Gasteiger partial charge in [0.05, 0.1) is 30.8 Å². The third-order valence-electron chi connectivity index (χ3n) is 2.97. The van der Waals surface area contributed by atoms with Crippen LogP contribution in [0.25, 0.3) is 0 Å². The summed E-state index contributed by atoms with van der Waals surface area (Å²) in [4.78, 5) is 5.46. The first kappa shape index (κ1) is 13.8. The number of methoxy groups -OCH3 is 2. The fourth-order valence-corrected chi connectivity index (χ4v) is 3.01. The fraction of sp³-hybridized carbons (Fsp3) is 0.357. The predicted molar refractivity (Wildman–Crippen MR) is 77.3 cm³/mol. The highest BCUT2D eigenvalue weighted by Gasteiger charge is 2.22. The molecule has 0 amide bonds. The highest BCUT2D eigenvalue weighted by molar-refractivity contribution is 7.11. The van der Waals surface area contributed by atoms with E-state index >= 15 is 0 Å². The van der Waals surface area contributed by atoms with Crippen molar-refractivity contribution in [3.05, 3.63) is 39.8 Å². The zero-order chi connectivity index (χ0) is 13.8. The first-order valence-electron chi connectivity index (χ1n) is 6.01. The number of thiazole rings is 1. The summed E-state index contributed by atoms with van der Waals surface area (Å²) in [6.07, 6.45) is 1.90. The highest BCUT2D eigenvalue weighted by atomic mass is 32.1. The molecule has 19 heavy (non-hydrogen) atoms. The summed E-state index contributed by atoms with van der Waals surface area (Å²) in [5, 5.41) is 4.35. The minimum absolute atomic E-state index is 0.0114. The van der Waals surface area contributed by atoms with Gasteiger partial charge in [0.1, 0.15) is 11.5 Å². The molecule has 0 fully saturated rings. The van der Waals surface area contributed by atoms with Crippen LogP contribution >= 0.6 is 11.3 Å². The van der Waals surface area contributed by atoms with Crippen LogP contribution in [0.1, 0.15) is 21.5 Å². The molecule has 1 atom stereocenters. The van der Waals surface area contributed by atoms with Crippen LogP contribution in [-0.2, 0) is 0 Å². The van der Waals surface area contributed by atoms with Crippen molar-refractivity contribution in [3.8, 4) is 11.5 Å². The fourth-order valence-electron chi connectivity index (χ4n) is 2.10. The Bertz CT molecular complexity index is 532. The van der Waals surface area contributed by atoms with Gasteiger partial charge in [0, 0.05) is 11.1 Å². The Kier molecular flexibility index (Phi) is 4.39. The molecule has 2 aromatic rings. The van der Waals surface area contributed by atoms with Crippen molar-refractivity contribution in [2.24, 2.45) is 0 Å². The van der Waals surface area contributed by atoms with Crippen molar-refractivity contribution < 1.29 is 9.47 Å². The average Bonchev–Trinajstić information content (AvgIpc) is 2.86. The van der Waals surface area contributed by atoms with Gasteiger partial charge in [0.2, 0.25) is 0 Å². The zero-order valence-corrected chi connectivity index (χ0v) is 12.4. The molecule has 0 aliphatic heterocycles. The van der Waals surface area contributed by atoms with Crippen molar-refractivity contribution in [1.29, 1.82) is 0 Å². The Morgan fingerprint density at radius 1 is 1.21 bits per heavy atom. The van der Waals surface area contributed by atoms with Crippen molar-refractivity contribution in [2.75, 3.05) is 21.3 Å². The SMILES string of the molecule is CNC(c1cnc(C)s1)c1c(OC)cccc1OC. The molecular weight excluding hydrogens is 260 g/mol. The topological polar surface area (TPSA) is 43.4 Å². The van der Waals surface area contributed by atoms with Crippen LogP contribution in [-0.4, -0.2) is 26.3 Å². The molecule has 1 N–H and O–H groups in total. The van der Waals surface area contributed by atoms with Gasteiger partial charge in [-0.2, -0.15) is 0 Å². The zero-order valence-electron chi connectivity index (χ0n) is 11.6. The van der Waals surface area contributed by atoms with Crippen LogP contribution in [0.3, 0.4) is 0 Å². The Hall–Kier alpha value is -1.59. The second-order valence-corrected chi connectivity index (χ2v) is 5.35. The predicted octanol–water partition coefficient (Wildman–Crippen LogP) is 2.78. The molecule has 0 aliphatic rings. The largest absolute Gasteiger partial charge is 0.496 e. The van der Waals surface area contributed by atoms with E-state index in [-0.39, 0.29) is 6.04 Å². The molecule has 4 nitrogen and oxygen atoms in total. The molecule has 0 spiro atoms. The van der Waals surface area contributed by atoms with Crippen molar-refractivity contribution in [3.63, 3.8) is 0 Å². The van der Waals surface area contributed by atoms with E-state index in [9.17, 15) is 0 Å². The maximum absolute atomic E-state index is 5.46. The van der Waals surface area contributed by atoms with Crippen LogP contribution in [0.4, 0.5) is 0 Å². The lowest BCUT2D eigenvalue weighted by molar-refractivity contribution is 0.379. The van der Waals surface area contributed by atoms with Gasteiger partial charge in [0.15, 0.2) is 0 Å². The summed E-state index contributed by atoms with van der Waals surface area (Å²) in [6.45, 7) is 2.00. The third kappa shape index (κ3) is 2.72. The van der Waals surface area contributed by atoms with E-state index < -0.39 is 0 Å². The number of rotatable bonds is 5. The second-order valence-electron chi connectivity index (χ2n) is 4.08. The maximum Gasteiger partial charge on any atom is 0.127 e. The lowest BCUT2D eigenvalue weighted by Crippen LogP contribution is -2.18. The minimum Gasteiger partial charge on any atom is -0.496 e. The molecule has 5 heteroatoms. The highest BCUT2D eigenvalue weighted by Crippen LogP contribution is 2.38. The van der Waals surface area contributed by atoms with E-state index in [1.165, 1.54) is 0 Å². The van der Waals surface area contributed by atoms with E-state index in [1.807, 2.05) is 38.4 Å². The lowest BCUT2D eigenvalue weighted by atomic mass is 10.0. The molecule has 2 rings (SSSR count). The van der Waals surface area contributed by atoms with Gasteiger partial charge in [-0.15, -0.1) is 11.3 Å². The minimum atomic E-state index is 0.0114. The number of nitrogens with zero attached hydrogens (tertiary/aromatic N) is 1. The van der Waals surface area contributed by atoms with E-state index in [4.69, 9.17) is 9.47 Å². The first-order chi connectivity index (χ1) is 9.21. The molecule has 0 saturated carbocycles. The number of nitrogens with one attached hydrogen (secondary N) is 1. The number of aryl methyl sites for hydroxylation is 1. The average molecular weight is 278 g/mol. The van der Waals surface area contributed by atoms with Gasteiger partial charge in [-0.3, -0.25) is 0 Å². The summed E-state index contributed by atoms with van der Waals surface area (Å²) in [5.41, 5.74) is 0.999. The number of hydrogen-bond acceptors (Lipinski definition) is 5. The van der Waals surface area contributed by atoms with E-state index in [2.05, 4.69) is 10.3 Å². The smallest absolute Gasteiger partial charge is 0.127 e. The summed E-state index contributed by atoms with van der Waals surface area (Å²) in [6, 6.07) is 5.81. The van der Waals surface area contributed by atoms with Gasteiger partial charge >= 0.3 is 0 Å². The van der Waals surface area contributed by atoms with Crippen molar-refractivity contribution in [1.82, 2.24) is 10.3 Å². The Morgan fingerprint density at radius 2 is 1.84 bits per heavy atom. The number of hydrogen-bond donors (Lipinski definition) is 1. The van der Waals surface area contributed by atoms with Crippen LogP contribution in [0.15, 0.2) is 24.4 Å². The molecule has 0 radical (unpaired) electrons. The van der Waals surface area contributed by atoms with Gasteiger partial charge in [0.25, 0.3) is 0 Å². The Morgan fingerprint density at radius 3 is 2.26 bits per heavy atom. The number of ether oxygens (including phenoxy) is 2. The second kappa shape index (κ2) is 6.04. The molecule has 0 aliphatic carbocycles. The monoisotopic (exact) mass is 278 g/mol. The van der Waals surface area contributed by atoms with Gasteiger partial charge in [-0.1, -0.05) is 6.07 Å². The molecule has 1 aromatic heterocycles. The normalized spacial score (nSPS) is 12.2. The third-order valence-corrected chi connectivity index (χ3v) is 3.94. The summed E-state index contributed by atoms with van der Waals surface area (Å²) in [5.74, 6) is 1.62. The first-order valence-corrected chi connectivity index (χ1v) is 6.83. The number of benzene rings is 1. The van der Waals surface area contributed by atoms with Gasteiger partial charge < -0.3 is 14.8 Å². The lowest BCUT2D eigenvalue weighted by Gasteiger charge is -2.20. The molecule has 0 bridgehead atoms. The molecule has 1 unspecified atom stereocenters.